The van der Waals surface area contributed by atoms with Gasteiger partial charge in [0.1, 0.15) is 0 Å². The Morgan fingerprint density at radius 3 is 2.64 bits per heavy atom. The highest BCUT2D eigenvalue weighted by Crippen LogP contribution is 2.32. The maximum Gasteiger partial charge on any atom is 0.0888 e. The Labute approximate surface area is 82.8 Å². The number of aromatic nitrogens is 1. The van der Waals surface area contributed by atoms with Crippen LogP contribution in [0.3, 0.4) is 0 Å². The maximum absolute atomic E-state index is 8.96. The van der Waals surface area contributed by atoms with Crippen LogP contribution in [0.1, 0.15) is 41.8 Å². The van der Waals surface area contributed by atoms with E-state index in [0.29, 0.717) is 0 Å². The summed E-state index contributed by atoms with van der Waals surface area (Å²) >= 11 is 0. The highest BCUT2D eigenvalue weighted by molar-refractivity contribution is 6.03. The van der Waals surface area contributed by atoms with E-state index in [1.54, 1.807) is 0 Å². The van der Waals surface area contributed by atoms with E-state index in [1.165, 1.54) is 35.4 Å². The van der Waals surface area contributed by atoms with Crippen LogP contribution in [-0.4, -0.2) is 15.9 Å². The highest BCUT2D eigenvalue weighted by atomic mass is 16.4. The first-order valence-corrected chi connectivity index (χ1v) is 5.34. The minimum Gasteiger partial charge on any atom is -0.411 e. The SMILES string of the molecule is O/N=C1\CCCc2[nH]c3c(c21)CCC3. The normalized spacial score (nSPS) is 22.4. The second-order valence-corrected chi connectivity index (χ2v) is 4.19. The zero-order valence-electron chi connectivity index (χ0n) is 8.14. The number of hydrogen-bond donors (Lipinski definition) is 2. The quantitative estimate of drug-likeness (QED) is 0.477. The van der Waals surface area contributed by atoms with Crippen LogP contribution in [0.4, 0.5) is 0 Å². The van der Waals surface area contributed by atoms with Crippen molar-refractivity contribution < 1.29 is 5.21 Å². The van der Waals surface area contributed by atoms with E-state index in [9.17, 15) is 0 Å². The summed E-state index contributed by atoms with van der Waals surface area (Å²) in [7, 11) is 0. The van der Waals surface area contributed by atoms with Gasteiger partial charge in [0.15, 0.2) is 0 Å². The molecule has 0 bridgehead atoms. The summed E-state index contributed by atoms with van der Waals surface area (Å²) < 4.78 is 0. The Morgan fingerprint density at radius 1 is 1.00 bits per heavy atom. The van der Waals surface area contributed by atoms with Gasteiger partial charge < -0.3 is 10.2 Å². The topological polar surface area (TPSA) is 48.4 Å². The Bertz CT molecular complexity index is 404. The van der Waals surface area contributed by atoms with Gasteiger partial charge in [-0.1, -0.05) is 5.16 Å². The molecule has 0 atom stereocenters. The molecular formula is C11H14N2O. The fourth-order valence-electron chi connectivity index (χ4n) is 2.78. The van der Waals surface area contributed by atoms with Crippen molar-refractivity contribution >= 4 is 5.71 Å². The molecule has 0 aromatic carbocycles. The average molecular weight is 190 g/mol. The summed E-state index contributed by atoms with van der Waals surface area (Å²) in [6.07, 6.45) is 6.70. The summed E-state index contributed by atoms with van der Waals surface area (Å²) in [6.45, 7) is 0. The van der Waals surface area contributed by atoms with Gasteiger partial charge in [0.2, 0.25) is 0 Å². The number of aryl methyl sites for hydroxylation is 2. The van der Waals surface area contributed by atoms with Crippen LogP contribution in [0.15, 0.2) is 5.16 Å². The predicted molar refractivity (Wildman–Crippen MR) is 54.1 cm³/mol. The first kappa shape index (κ1) is 8.09. The van der Waals surface area contributed by atoms with Crippen molar-refractivity contribution in [3.8, 4) is 0 Å². The van der Waals surface area contributed by atoms with Crippen LogP contribution >= 0.6 is 0 Å². The molecule has 14 heavy (non-hydrogen) atoms. The fourth-order valence-corrected chi connectivity index (χ4v) is 2.78. The molecule has 0 saturated carbocycles. The zero-order valence-corrected chi connectivity index (χ0v) is 8.14. The van der Waals surface area contributed by atoms with Gasteiger partial charge in [-0.2, -0.15) is 0 Å². The maximum atomic E-state index is 8.96. The van der Waals surface area contributed by atoms with Crippen molar-refractivity contribution in [2.45, 2.75) is 38.5 Å². The first-order chi connectivity index (χ1) is 6.90. The molecular weight excluding hydrogens is 176 g/mol. The van der Waals surface area contributed by atoms with Gasteiger partial charge in [-0.15, -0.1) is 0 Å². The third kappa shape index (κ3) is 0.953. The molecule has 3 rings (SSSR count). The predicted octanol–water partition coefficient (Wildman–Crippen LogP) is 2.02. The van der Waals surface area contributed by atoms with Crippen LogP contribution in [0, 0.1) is 0 Å². The average Bonchev–Trinajstić information content (AvgIpc) is 2.75. The van der Waals surface area contributed by atoms with Crippen LogP contribution < -0.4 is 0 Å². The lowest BCUT2D eigenvalue weighted by Crippen LogP contribution is -2.12. The molecule has 3 heteroatoms. The molecule has 0 amide bonds. The molecule has 0 fully saturated rings. The monoisotopic (exact) mass is 190 g/mol. The molecule has 1 heterocycles. The van der Waals surface area contributed by atoms with E-state index in [2.05, 4.69) is 10.1 Å². The van der Waals surface area contributed by atoms with E-state index in [1.807, 2.05) is 0 Å². The van der Waals surface area contributed by atoms with Gasteiger partial charge >= 0.3 is 0 Å². The summed E-state index contributed by atoms with van der Waals surface area (Å²) in [4.78, 5) is 3.49. The molecule has 2 aliphatic rings. The molecule has 0 unspecified atom stereocenters. The summed E-state index contributed by atoms with van der Waals surface area (Å²) in [6, 6.07) is 0. The number of aromatic amines is 1. The Morgan fingerprint density at radius 2 is 1.79 bits per heavy atom. The van der Waals surface area contributed by atoms with Crippen molar-refractivity contribution in [1.82, 2.24) is 4.98 Å². The molecule has 1 aromatic rings. The van der Waals surface area contributed by atoms with Gasteiger partial charge in [-0.05, 0) is 44.1 Å². The van der Waals surface area contributed by atoms with Crippen LogP contribution in [0.5, 0.6) is 0 Å². The third-order valence-corrected chi connectivity index (χ3v) is 3.37. The lowest BCUT2D eigenvalue weighted by atomic mass is 9.92. The summed E-state index contributed by atoms with van der Waals surface area (Å²) in [5.74, 6) is 0. The van der Waals surface area contributed by atoms with E-state index < -0.39 is 0 Å². The van der Waals surface area contributed by atoms with Gasteiger partial charge in [-0.3, -0.25) is 0 Å². The molecule has 0 spiro atoms. The second kappa shape index (κ2) is 2.87. The van der Waals surface area contributed by atoms with E-state index in [-0.39, 0.29) is 0 Å². The van der Waals surface area contributed by atoms with Gasteiger partial charge in [0.25, 0.3) is 0 Å². The lowest BCUT2D eigenvalue weighted by molar-refractivity contribution is 0.317. The number of nitrogens with one attached hydrogen (secondary N) is 1. The van der Waals surface area contributed by atoms with Crippen molar-refractivity contribution in [2.24, 2.45) is 5.16 Å². The standard InChI is InChI=1S/C11H14N2O/c14-13-10-6-2-5-9-11(10)7-3-1-4-8(7)12-9/h12,14H,1-6H2/b13-10+. The third-order valence-electron chi connectivity index (χ3n) is 3.37. The van der Waals surface area contributed by atoms with Gasteiger partial charge in [0, 0.05) is 17.0 Å². The molecule has 0 saturated heterocycles. The minimum absolute atomic E-state index is 0.894. The summed E-state index contributed by atoms with van der Waals surface area (Å²) in [5, 5.41) is 12.4. The lowest BCUT2D eigenvalue weighted by Gasteiger charge is -2.13. The Kier molecular flexibility index (Phi) is 1.66. The number of rotatable bonds is 0. The van der Waals surface area contributed by atoms with E-state index in [0.717, 1.165) is 31.4 Å². The van der Waals surface area contributed by atoms with Crippen LogP contribution in [-0.2, 0) is 19.3 Å². The number of fused-ring (bicyclic) bond motifs is 3. The summed E-state index contributed by atoms with van der Waals surface area (Å²) in [5.41, 5.74) is 6.25. The van der Waals surface area contributed by atoms with Crippen LogP contribution in [0.25, 0.3) is 0 Å². The van der Waals surface area contributed by atoms with E-state index >= 15 is 0 Å². The molecule has 74 valence electrons. The van der Waals surface area contributed by atoms with Crippen molar-refractivity contribution in [3.63, 3.8) is 0 Å². The molecule has 1 aromatic heterocycles. The Balaban J connectivity index is 2.20. The van der Waals surface area contributed by atoms with Crippen molar-refractivity contribution in [2.75, 3.05) is 0 Å². The number of oxime groups is 1. The minimum atomic E-state index is 0.894. The Hall–Kier alpha value is -1.25. The number of hydrogen-bond acceptors (Lipinski definition) is 2. The highest BCUT2D eigenvalue weighted by Gasteiger charge is 2.26. The van der Waals surface area contributed by atoms with Crippen LogP contribution in [0.2, 0.25) is 0 Å². The number of nitrogens with zero attached hydrogens (tertiary/aromatic N) is 1. The van der Waals surface area contributed by atoms with Gasteiger partial charge in [-0.25, -0.2) is 0 Å². The van der Waals surface area contributed by atoms with Crippen molar-refractivity contribution in [3.05, 3.63) is 22.5 Å². The molecule has 0 aliphatic heterocycles. The first-order valence-electron chi connectivity index (χ1n) is 5.34. The molecule has 0 radical (unpaired) electrons. The smallest absolute Gasteiger partial charge is 0.0888 e. The van der Waals surface area contributed by atoms with E-state index in [4.69, 9.17) is 5.21 Å². The second-order valence-electron chi connectivity index (χ2n) is 4.19. The number of H-pyrrole nitrogens is 1. The van der Waals surface area contributed by atoms with Crippen molar-refractivity contribution in [1.29, 1.82) is 0 Å². The molecule has 2 aliphatic carbocycles. The van der Waals surface area contributed by atoms with Gasteiger partial charge in [0.05, 0.1) is 5.71 Å². The fraction of sp³-hybridized carbons (Fsp3) is 0.545. The molecule has 3 nitrogen and oxygen atoms in total. The zero-order chi connectivity index (χ0) is 9.54. The largest absolute Gasteiger partial charge is 0.411 e. The molecule has 2 N–H and O–H groups in total.